The Labute approximate surface area is 226 Å². The van der Waals surface area contributed by atoms with Gasteiger partial charge in [-0.25, -0.2) is 22.9 Å². The minimum Gasteiger partial charge on any atom is -0.481 e. The Bertz CT molecular complexity index is 1250. The van der Waals surface area contributed by atoms with Gasteiger partial charge in [-0.3, -0.25) is 29.0 Å². The number of ketones is 1. The molecule has 38 heavy (non-hydrogen) atoms. The van der Waals surface area contributed by atoms with Gasteiger partial charge in [-0.05, 0) is 30.7 Å². The third-order valence-corrected chi connectivity index (χ3v) is 7.79. The Hall–Kier alpha value is -3.08. The number of carbonyl (C=O) groups excluding carboxylic acids is 5. The van der Waals surface area contributed by atoms with Crippen LogP contribution in [0.5, 0.6) is 0 Å². The number of ether oxygens (including phenoxy) is 1. The maximum Gasteiger partial charge on any atom is 0.350 e. The monoisotopic (exact) mass is 592 g/mol. The van der Waals surface area contributed by atoms with Gasteiger partial charge in [-0.1, -0.05) is 11.6 Å². The standard InChI is InChI=1S/C21H25ClN4O10S2/c1-38(34,35)24-12-4-5-16(28)25-7-2-3-14(26(25)20(12)32)19(31)23-13(9-17(29)30)15(27)10-36-21(33)18-11(22)6-8-37-18/h6,8,12-14,24H,2-5,7,9-10H2,1H3,(H,23,31)(H,29,30). The summed E-state index contributed by atoms with van der Waals surface area (Å²) in [6, 6.07) is -2.79. The number of carbonyl (C=O) groups is 6. The quantitative estimate of drug-likeness (QED) is 0.299. The fraction of sp³-hybridized carbons (Fsp3) is 0.524. The Kier molecular flexibility index (Phi) is 9.45. The van der Waals surface area contributed by atoms with Crippen molar-refractivity contribution < 1.29 is 47.0 Å². The van der Waals surface area contributed by atoms with E-state index in [9.17, 15) is 42.3 Å². The molecule has 3 unspecified atom stereocenters. The highest BCUT2D eigenvalue weighted by Crippen LogP contribution is 2.26. The van der Waals surface area contributed by atoms with Gasteiger partial charge in [-0.2, -0.15) is 0 Å². The second-order valence-electron chi connectivity index (χ2n) is 8.64. The number of fused-ring (bicyclic) bond motifs is 1. The summed E-state index contributed by atoms with van der Waals surface area (Å²) in [7, 11) is -3.83. The number of halogens is 1. The number of nitrogens with one attached hydrogen (secondary N) is 2. The fourth-order valence-electron chi connectivity index (χ4n) is 4.07. The number of carboxylic acid groups (broad SMARTS) is 1. The van der Waals surface area contributed by atoms with Crippen molar-refractivity contribution >= 4 is 68.4 Å². The van der Waals surface area contributed by atoms with E-state index in [0.717, 1.165) is 27.6 Å². The van der Waals surface area contributed by atoms with Gasteiger partial charge in [0.05, 0.1) is 17.7 Å². The Morgan fingerprint density at radius 2 is 1.97 bits per heavy atom. The summed E-state index contributed by atoms with van der Waals surface area (Å²) >= 11 is 6.84. The molecule has 1 aromatic heterocycles. The molecule has 3 N–H and O–H groups in total. The van der Waals surface area contributed by atoms with Crippen molar-refractivity contribution in [3.05, 3.63) is 21.3 Å². The lowest BCUT2D eigenvalue weighted by atomic mass is 10.0. The Balaban J connectivity index is 1.76. The number of carboxylic acids is 1. The molecule has 2 saturated heterocycles. The zero-order valence-corrected chi connectivity index (χ0v) is 22.4. The average Bonchev–Trinajstić information content (AvgIpc) is 3.23. The minimum atomic E-state index is -3.83. The molecule has 0 bridgehead atoms. The number of sulfonamides is 1. The molecule has 3 amide bonds. The Morgan fingerprint density at radius 3 is 2.58 bits per heavy atom. The molecule has 2 aliphatic rings. The fourth-order valence-corrected chi connectivity index (χ4v) is 5.83. The number of hydrazine groups is 1. The second kappa shape index (κ2) is 12.2. The first-order chi connectivity index (χ1) is 17.8. The lowest BCUT2D eigenvalue weighted by Gasteiger charge is -2.43. The lowest BCUT2D eigenvalue weighted by Crippen LogP contribution is -2.64. The molecular weight excluding hydrogens is 568 g/mol. The van der Waals surface area contributed by atoms with Crippen molar-refractivity contribution in [2.24, 2.45) is 0 Å². The van der Waals surface area contributed by atoms with Crippen LogP contribution < -0.4 is 10.0 Å². The van der Waals surface area contributed by atoms with Crippen LogP contribution in [0.4, 0.5) is 0 Å². The number of Topliss-reactive ketones (excluding diaryl/α,β-unsaturated/α-hetero) is 1. The summed E-state index contributed by atoms with van der Waals surface area (Å²) in [5.74, 6) is -5.51. The maximum absolute atomic E-state index is 13.2. The normalized spacial score (nSPS) is 20.8. The predicted octanol–water partition coefficient (Wildman–Crippen LogP) is -0.467. The molecule has 0 saturated carbocycles. The molecule has 3 heterocycles. The van der Waals surface area contributed by atoms with Crippen molar-refractivity contribution in [2.75, 3.05) is 19.4 Å². The van der Waals surface area contributed by atoms with Crippen molar-refractivity contribution in [1.82, 2.24) is 20.1 Å². The largest absolute Gasteiger partial charge is 0.481 e. The number of thiophene rings is 1. The summed E-state index contributed by atoms with van der Waals surface area (Å²) in [6.45, 7) is -0.748. The van der Waals surface area contributed by atoms with Crippen LogP contribution in [0, 0.1) is 0 Å². The van der Waals surface area contributed by atoms with Gasteiger partial charge in [0.25, 0.3) is 5.91 Å². The van der Waals surface area contributed by atoms with Gasteiger partial charge in [0, 0.05) is 13.0 Å². The van der Waals surface area contributed by atoms with Crippen LogP contribution in [-0.4, -0.2) is 96.5 Å². The van der Waals surface area contributed by atoms with Crippen LogP contribution >= 0.6 is 22.9 Å². The number of hydrogen-bond acceptors (Lipinski definition) is 10. The van der Waals surface area contributed by atoms with E-state index < -0.39 is 76.6 Å². The van der Waals surface area contributed by atoms with E-state index in [2.05, 4.69) is 10.0 Å². The van der Waals surface area contributed by atoms with E-state index in [1.165, 1.54) is 11.4 Å². The first kappa shape index (κ1) is 29.5. The molecule has 0 aliphatic carbocycles. The van der Waals surface area contributed by atoms with Crippen LogP contribution in [-0.2, 0) is 38.7 Å². The molecular formula is C21H25ClN4O10S2. The summed E-state index contributed by atoms with van der Waals surface area (Å²) in [4.78, 5) is 75.4. The third kappa shape index (κ3) is 7.27. The first-order valence-electron chi connectivity index (χ1n) is 11.3. The minimum absolute atomic E-state index is 0.0437. The molecule has 3 rings (SSSR count). The molecule has 0 aromatic carbocycles. The highest BCUT2D eigenvalue weighted by atomic mass is 35.5. The van der Waals surface area contributed by atoms with Crippen LogP contribution in [0.3, 0.4) is 0 Å². The SMILES string of the molecule is CS(=O)(=O)NC1CCC(=O)N2CCCC(C(=O)NC(CC(=O)O)C(=O)COC(=O)c3sccc3Cl)N2C1=O. The zero-order chi connectivity index (χ0) is 28.2. The van der Waals surface area contributed by atoms with Crippen LogP contribution in [0.1, 0.15) is 41.8 Å². The van der Waals surface area contributed by atoms with Crippen molar-refractivity contribution in [2.45, 2.75) is 50.2 Å². The summed E-state index contributed by atoms with van der Waals surface area (Å²) in [5, 5.41) is 15.1. The number of amides is 3. The molecule has 208 valence electrons. The number of aliphatic carboxylic acids is 1. The van der Waals surface area contributed by atoms with E-state index in [4.69, 9.17) is 16.3 Å². The smallest absolute Gasteiger partial charge is 0.350 e. The van der Waals surface area contributed by atoms with Gasteiger partial charge >= 0.3 is 11.9 Å². The average molecular weight is 593 g/mol. The molecule has 1 aromatic rings. The summed E-state index contributed by atoms with van der Waals surface area (Å²) in [5.41, 5.74) is 0. The number of nitrogens with zero attached hydrogens (tertiary/aromatic N) is 2. The molecule has 17 heteroatoms. The van der Waals surface area contributed by atoms with E-state index in [-0.39, 0.29) is 35.7 Å². The van der Waals surface area contributed by atoms with Gasteiger partial charge in [0.1, 0.15) is 23.0 Å². The molecule has 0 radical (unpaired) electrons. The molecule has 3 atom stereocenters. The zero-order valence-electron chi connectivity index (χ0n) is 20.0. The number of rotatable bonds is 10. The highest BCUT2D eigenvalue weighted by Gasteiger charge is 2.45. The van der Waals surface area contributed by atoms with E-state index >= 15 is 0 Å². The van der Waals surface area contributed by atoms with Crippen LogP contribution in [0.25, 0.3) is 0 Å². The maximum atomic E-state index is 13.2. The predicted molar refractivity (Wildman–Crippen MR) is 131 cm³/mol. The van der Waals surface area contributed by atoms with Crippen molar-refractivity contribution in [3.63, 3.8) is 0 Å². The number of hydrogen-bond donors (Lipinski definition) is 3. The summed E-state index contributed by atoms with van der Waals surface area (Å²) in [6.07, 6.45) is 0.118. The first-order valence-corrected chi connectivity index (χ1v) is 14.5. The molecule has 2 aliphatic heterocycles. The van der Waals surface area contributed by atoms with E-state index in [1.807, 2.05) is 0 Å². The highest BCUT2D eigenvalue weighted by molar-refractivity contribution is 7.88. The Morgan fingerprint density at radius 1 is 1.26 bits per heavy atom. The topological polar surface area (TPSA) is 197 Å². The molecule has 14 nitrogen and oxygen atoms in total. The molecule has 0 spiro atoms. The van der Waals surface area contributed by atoms with Gasteiger partial charge in [0.2, 0.25) is 21.8 Å². The second-order valence-corrected chi connectivity index (χ2v) is 11.7. The third-order valence-electron chi connectivity index (χ3n) is 5.75. The van der Waals surface area contributed by atoms with Crippen molar-refractivity contribution in [1.29, 1.82) is 0 Å². The van der Waals surface area contributed by atoms with E-state index in [1.54, 1.807) is 0 Å². The number of esters is 1. The molecule has 2 fully saturated rings. The van der Waals surface area contributed by atoms with Crippen molar-refractivity contribution in [3.8, 4) is 0 Å². The summed E-state index contributed by atoms with van der Waals surface area (Å²) < 4.78 is 30.6. The van der Waals surface area contributed by atoms with Gasteiger partial charge < -0.3 is 15.2 Å². The van der Waals surface area contributed by atoms with Gasteiger partial charge in [-0.15, -0.1) is 11.3 Å². The van der Waals surface area contributed by atoms with Crippen LogP contribution in [0.15, 0.2) is 11.4 Å². The van der Waals surface area contributed by atoms with Gasteiger partial charge in [0.15, 0.2) is 12.4 Å². The lowest BCUT2D eigenvalue weighted by molar-refractivity contribution is -0.176. The van der Waals surface area contributed by atoms with E-state index in [0.29, 0.717) is 6.42 Å². The van der Waals surface area contributed by atoms with Crippen LogP contribution in [0.2, 0.25) is 5.02 Å².